The topological polar surface area (TPSA) is 77.3 Å². The summed E-state index contributed by atoms with van der Waals surface area (Å²) < 4.78 is 19.4. The van der Waals surface area contributed by atoms with Gasteiger partial charge in [0.25, 0.3) is 0 Å². The van der Waals surface area contributed by atoms with Crippen molar-refractivity contribution in [3.63, 3.8) is 0 Å². The predicted octanol–water partition coefficient (Wildman–Crippen LogP) is 8.00. The molecule has 0 saturated carbocycles. The van der Waals surface area contributed by atoms with Crippen molar-refractivity contribution < 1.29 is 9.13 Å². The fourth-order valence-corrected chi connectivity index (χ4v) is 8.02. The summed E-state index contributed by atoms with van der Waals surface area (Å²) in [5.41, 5.74) is 4.84. The summed E-state index contributed by atoms with van der Waals surface area (Å²) >= 11 is 8.36. The zero-order valence-corrected chi connectivity index (χ0v) is 27.0. The van der Waals surface area contributed by atoms with E-state index in [2.05, 4.69) is 43.3 Å². The Hall–Kier alpha value is -4.23. The summed E-state index contributed by atoms with van der Waals surface area (Å²) in [6.45, 7) is 5.52. The number of benzene rings is 3. The number of halogens is 2. The van der Waals surface area contributed by atoms with Gasteiger partial charge in [-0.1, -0.05) is 23.7 Å². The van der Waals surface area contributed by atoms with Crippen LogP contribution in [0.5, 0.6) is 5.75 Å². The number of nitrogens with zero attached hydrogens (tertiary/aromatic N) is 5. The highest BCUT2D eigenvalue weighted by atomic mass is 35.5. The number of hydrogen-bond acceptors (Lipinski definition) is 8. The molecule has 234 valence electrons. The summed E-state index contributed by atoms with van der Waals surface area (Å²) in [4.78, 5) is 16.7. The minimum Gasteiger partial charge on any atom is -0.487 e. The van der Waals surface area contributed by atoms with Gasteiger partial charge in [0.05, 0.1) is 22.0 Å². The number of thiophene rings is 1. The zero-order valence-electron chi connectivity index (χ0n) is 25.4. The Morgan fingerprint density at radius 3 is 2.67 bits per heavy atom. The third kappa shape index (κ3) is 6.80. The van der Waals surface area contributed by atoms with Crippen molar-refractivity contribution in [1.82, 2.24) is 14.9 Å². The van der Waals surface area contributed by atoms with E-state index in [1.165, 1.54) is 41.1 Å². The minimum atomic E-state index is -0.291. The van der Waals surface area contributed by atoms with E-state index in [-0.39, 0.29) is 12.4 Å². The van der Waals surface area contributed by atoms with E-state index < -0.39 is 0 Å². The van der Waals surface area contributed by atoms with Crippen LogP contribution >= 0.6 is 22.9 Å². The van der Waals surface area contributed by atoms with Crippen LogP contribution in [0.25, 0.3) is 10.2 Å². The molecule has 0 spiro atoms. The molecular formula is C36H34ClFN6OS. The Morgan fingerprint density at radius 2 is 1.89 bits per heavy atom. The van der Waals surface area contributed by atoms with E-state index >= 15 is 0 Å². The lowest BCUT2D eigenvalue weighted by Crippen LogP contribution is -2.47. The highest BCUT2D eigenvalue weighted by molar-refractivity contribution is 7.19. The maximum absolute atomic E-state index is 13.5. The van der Waals surface area contributed by atoms with Crippen molar-refractivity contribution >= 4 is 50.3 Å². The largest absolute Gasteiger partial charge is 0.487 e. The summed E-state index contributed by atoms with van der Waals surface area (Å²) in [5.74, 6) is 1.71. The van der Waals surface area contributed by atoms with E-state index in [9.17, 15) is 4.39 Å². The Morgan fingerprint density at radius 1 is 1.04 bits per heavy atom. The van der Waals surface area contributed by atoms with Gasteiger partial charge < -0.3 is 15.0 Å². The van der Waals surface area contributed by atoms with Crippen LogP contribution in [0.2, 0.25) is 5.02 Å². The van der Waals surface area contributed by atoms with Crippen LogP contribution < -0.4 is 15.0 Å². The maximum Gasteiger partial charge on any atom is 0.142 e. The molecule has 5 aromatic rings. The number of nitriles is 1. The molecular weight excluding hydrogens is 619 g/mol. The van der Waals surface area contributed by atoms with Gasteiger partial charge in [-0.25, -0.2) is 14.4 Å². The molecule has 0 radical (unpaired) electrons. The monoisotopic (exact) mass is 652 g/mol. The Kier molecular flexibility index (Phi) is 9.02. The third-order valence-electron chi connectivity index (χ3n) is 9.01. The highest BCUT2D eigenvalue weighted by Crippen LogP contribution is 2.41. The molecule has 1 N–H and O–H groups in total. The summed E-state index contributed by atoms with van der Waals surface area (Å²) in [7, 11) is 0. The minimum absolute atomic E-state index is 0.231. The van der Waals surface area contributed by atoms with E-state index in [0.29, 0.717) is 22.3 Å². The molecule has 2 aromatic heterocycles. The SMILES string of the molecule is N#Cc1ccc(N2CCN(CCC3CCc4c(sc5ncnc(Nc6ccc(OCc7cccc(F)c7)c(Cl)c6)c45)C3)CC2)cc1. The first-order valence-electron chi connectivity index (χ1n) is 15.7. The molecule has 2 aliphatic rings. The van der Waals surface area contributed by atoms with Crippen molar-refractivity contribution in [3.8, 4) is 11.8 Å². The van der Waals surface area contributed by atoms with Gasteiger partial charge in [0, 0.05) is 42.4 Å². The predicted molar refractivity (Wildman–Crippen MR) is 183 cm³/mol. The van der Waals surface area contributed by atoms with Gasteiger partial charge in [-0.2, -0.15) is 5.26 Å². The van der Waals surface area contributed by atoms with Gasteiger partial charge in [0.15, 0.2) is 0 Å². The number of hydrogen-bond donors (Lipinski definition) is 1. The second kappa shape index (κ2) is 13.6. The van der Waals surface area contributed by atoms with Gasteiger partial charge in [0.1, 0.15) is 35.1 Å². The van der Waals surface area contributed by atoms with Crippen LogP contribution in [-0.2, 0) is 19.4 Å². The summed E-state index contributed by atoms with van der Waals surface area (Å²) in [6, 6.07) is 22.0. The molecule has 7 nitrogen and oxygen atoms in total. The normalized spacial score (nSPS) is 16.6. The standard InChI is InChI=1S/C36H34ClFN6OS/c37-31-20-28(7-11-32(31)45-22-26-2-1-3-27(38)18-26)42-35-34-30-10-6-24(19-33(30)46-36(34)41-23-40-35)12-13-43-14-16-44(17-15-43)29-8-4-25(21-39)5-9-29/h1-5,7-9,11,18,20,23-24H,6,10,12-17,19,22H2,(H,40,41,42). The third-order valence-corrected chi connectivity index (χ3v) is 10.5. The number of piperazine rings is 1. The number of fused-ring (bicyclic) bond motifs is 3. The maximum atomic E-state index is 13.5. The van der Waals surface area contributed by atoms with Crippen molar-refractivity contribution in [2.45, 2.75) is 32.3 Å². The van der Waals surface area contributed by atoms with Gasteiger partial charge in [-0.15, -0.1) is 11.3 Å². The lowest BCUT2D eigenvalue weighted by molar-refractivity contribution is 0.233. The Bertz CT molecular complexity index is 1880. The van der Waals surface area contributed by atoms with Crippen molar-refractivity contribution in [2.24, 2.45) is 5.92 Å². The summed E-state index contributed by atoms with van der Waals surface area (Å²) in [5, 5.41) is 14.1. The second-order valence-corrected chi connectivity index (χ2v) is 13.5. The lowest BCUT2D eigenvalue weighted by atomic mass is 9.85. The fraction of sp³-hybridized carbons (Fsp3) is 0.306. The average molecular weight is 653 g/mol. The van der Waals surface area contributed by atoms with Gasteiger partial charge in [0.2, 0.25) is 0 Å². The van der Waals surface area contributed by atoms with Crippen LogP contribution in [0.1, 0.15) is 34.4 Å². The zero-order chi connectivity index (χ0) is 31.5. The smallest absolute Gasteiger partial charge is 0.142 e. The number of aromatic nitrogens is 2. The van der Waals surface area contributed by atoms with Crippen LogP contribution in [0.15, 0.2) is 73.1 Å². The van der Waals surface area contributed by atoms with Gasteiger partial charge in [-0.05, 0) is 104 Å². The molecule has 0 amide bonds. The number of ether oxygens (including phenoxy) is 1. The van der Waals surface area contributed by atoms with Gasteiger partial charge in [-0.3, -0.25) is 4.90 Å². The van der Waals surface area contributed by atoms with Crippen LogP contribution in [0.4, 0.5) is 21.6 Å². The Labute approximate surface area is 277 Å². The first-order chi connectivity index (χ1) is 22.5. The fourth-order valence-electron chi connectivity index (χ4n) is 6.48. The number of aryl methyl sites for hydroxylation is 1. The molecule has 0 bridgehead atoms. The molecule has 1 unspecified atom stereocenters. The van der Waals surface area contributed by atoms with E-state index in [0.717, 1.165) is 72.9 Å². The molecule has 1 aliphatic carbocycles. The van der Waals surface area contributed by atoms with E-state index in [1.54, 1.807) is 23.7 Å². The number of rotatable bonds is 9. The van der Waals surface area contributed by atoms with Crippen molar-refractivity contribution in [3.05, 3.63) is 105 Å². The van der Waals surface area contributed by atoms with Crippen molar-refractivity contribution in [2.75, 3.05) is 42.9 Å². The first-order valence-corrected chi connectivity index (χ1v) is 16.9. The molecule has 1 aliphatic heterocycles. The van der Waals surface area contributed by atoms with Gasteiger partial charge >= 0.3 is 0 Å². The molecule has 1 fully saturated rings. The quantitative estimate of drug-likeness (QED) is 0.173. The highest BCUT2D eigenvalue weighted by Gasteiger charge is 2.26. The lowest BCUT2D eigenvalue weighted by Gasteiger charge is -2.37. The average Bonchev–Trinajstić information content (AvgIpc) is 3.46. The second-order valence-electron chi connectivity index (χ2n) is 12.0. The van der Waals surface area contributed by atoms with Crippen LogP contribution in [-0.4, -0.2) is 47.6 Å². The molecule has 10 heteroatoms. The van der Waals surface area contributed by atoms with Crippen molar-refractivity contribution in [1.29, 1.82) is 5.26 Å². The molecule has 3 heterocycles. The molecule has 3 aromatic carbocycles. The number of anilines is 3. The molecule has 46 heavy (non-hydrogen) atoms. The molecule has 1 atom stereocenters. The first kappa shape index (κ1) is 30.4. The van der Waals surface area contributed by atoms with Crippen LogP contribution in [0.3, 0.4) is 0 Å². The van der Waals surface area contributed by atoms with E-state index in [1.807, 2.05) is 36.4 Å². The molecule has 7 rings (SSSR count). The van der Waals surface area contributed by atoms with Crippen LogP contribution in [0, 0.1) is 23.1 Å². The summed E-state index contributed by atoms with van der Waals surface area (Å²) in [6.07, 6.45) is 6.11. The molecule has 1 saturated heterocycles. The van der Waals surface area contributed by atoms with E-state index in [4.69, 9.17) is 21.6 Å². The number of nitrogens with one attached hydrogen (secondary N) is 1. The Balaban J connectivity index is 0.953.